The van der Waals surface area contributed by atoms with Gasteiger partial charge in [0.15, 0.2) is 0 Å². The summed E-state index contributed by atoms with van der Waals surface area (Å²) in [6.07, 6.45) is 1.36. The number of fused-ring (bicyclic) bond motifs is 1. The van der Waals surface area contributed by atoms with Crippen LogP contribution in [0.4, 0.5) is 0 Å². The third-order valence-corrected chi connectivity index (χ3v) is 6.93. The molecular formula is C26H29ClN2O5. The predicted molar refractivity (Wildman–Crippen MR) is 131 cm³/mol. The van der Waals surface area contributed by atoms with Gasteiger partial charge in [-0.05, 0) is 42.7 Å². The van der Waals surface area contributed by atoms with Crippen LogP contribution in [0.1, 0.15) is 54.2 Å². The lowest BCUT2D eigenvalue weighted by molar-refractivity contribution is -0.139. The summed E-state index contributed by atoms with van der Waals surface area (Å²) in [6.45, 7) is 5.23. The number of carboxylic acids is 1. The Morgan fingerprint density at radius 2 is 1.91 bits per heavy atom. The second-order valence-electron chi connectivity index (χ2n) is 8.62. The highest BCUT2D eigenvalue weighted by Crippen LogP contribution is 2.36. The second kappa shape index (κ2) is 9.68. The molecule has 180 valence electrons. The van der Waals surface area contributed by atoms with Gasteiger partial charge in [0.05, 0.1) is 36.8 Å². The molecule has 0 aliphatic carbocycles. The van der Waals surface area contributed by atoms with Crippen molar-refractivity contribution < 1.29 is 24.2 Å². The average Bonchev–Trinajstić information content (AvgIpc) is 3.20. The number of halogens is 1. The van der Waals surface area contributed by atoms with E-state index in [-0.39, 0.29) is 5.91 Å². The van der Waals surface area contributed by atoms with Crippen molar-refractivity contribution in [2.45, 2.75) is 44.7 Å². The molecule has 34 heavy (non-hydrogen) atoms. The first-order chi connectivity index (χ1) is 16.3. The van der Waals surface area contributed by atoms with Gasteiger partial charge in [-0.1, -0.05) is 49.2 Å². The maximum Gasteiger partial charge on any atom is 0.310 e. The highest BCUT2D eigenvalue weighted by Gasteiger charge is 2.42. The number of carbonyl (C=O) groups is 2. The molecule has 0 saturated carbocycles. The van der Waals surface area contributed by atoms with Gasteiger partial charge in [-0.3, -0.25) is 9.59 Å². The van der Waals surface area contributed by atoms with Crippen LogP contribution in [0, 0.1) is 0 Å². The van der Waals surface area contributed by atoms with Crippen molar-refractivity contribution in [2.24, 2.45) is 0 Å². The Labute approximate surface area is 203 Å². The molecule has 1 saturated heterocycles. The molecule has 0 radical (unpaired) electrons. The van der Waals surface area contributed by atoms with Crippen molar-refractivity contribution in [1.82, 2.24) is 9.88 Å². The fourth-order valence-electron chi connectivity index (χ4n) is 4.62. The molecule has 1 aromatic heterocycles. The molecule has 1 fully saturated rings. The number of hydrogen-bond donors (Lipinski definition) is 2. The lowest BCUT2D eigenvalue weighted by Crippen LogP contribution is -2.59. The monoisotopic (exact) mass is 484 g/mol. The fraction of sp³-hybridized carbons (Fsp3) is 0.385. The summed E-state index contributed by atoms with van der Waals surface area (Å²) in [5.41, 5.74) is 2.34. The molecule has 1 aliphatic heterocycles. The Balaban J connectivity index is 1.64. The van der Waals surface area contributed by atoms with Crippen molar-refractivity contribution in [3.8, 4) is 5.75 Å². The molecule has 8 heteroatoms. The van der Waals surface area contributed by atoms with Gasteiger partial charge in [0.1, 0.15) is 17.0 Å². The summed E-state index contributed by atoms with van der Waals surface area (Å²) in [7, 11) is 1.56. The first-order valence-electron chi connectivity index (χ1n) is 11.4. The highest BCUT2D eigenvalue weighted by atomic mass is 35.5. The number of rotatable bonds is 9. The van der Waals surface area contributed by atoms with E-state index in [2.05, 4.69) is 5.32 Å². The van der Waals surface area contributed by atoms with Crippen LogP contribution in [-0.4, -0.2) is 41.9 Å². The van der Waals surface area contributed by atoms with E-state index in [4.69, 9.17) is 21.1 Å². The number of benzene rings is 2. The highest BCUT2D eigenvalue weighted by molar-refractivity contribution is 6.37. The zero-order valence-electron chi connectivity index (χ0n) is 19.6. The van der Waals surface area contributed by atoms with Gasteiger partial charge < -0.3 is 24.5 Å². The van der Waals surface area contributed by atoms with Crippen LogP contribution < -0.4 is 10.1 Å². The average molecular weight is 485 g/mol. The van der Waals surface area contributed by atoms with Crippen molar-refractivity contribution in [1.29, 1.82) is 0 Å². The number of aliphatic carboxylic acids is 1. The number of carbonyl (C=O) groups excluding carboxylic acids is 1. The molecule has 2 heterocycles. The first kappa shape index (κ1) is 24.1. The van der Waals surface area contributed by atoms with Crippen LogP contribution in [0.3, 0.4) is 0 Å². The number of aryl methyl sites for hydroxylation is 1. The van der Waals surface area contributed by atoms with Crippen molar-refractivity contribution in [2.75, 3.05) is 20.3 Å². The molecule has 0 bridgehead atoms. The van der Waals surface area contributed by atoms with Crippen LogP contribution in [0.25, 0.3) is 10.9 Å². The van der Waals surface area contributed by atoms with E-state index in [1.807, 2.05) is 48.7 Å². The van der Waals surface area contributed by atoms with Gasteiger partial charge >= 0.3 is 5.97 Å². The molecule has 4 rings (SSSR count). The van der Waals surface area contributed by atoms with E-state index >= 15 is 0 Å². The number of nitrogens with zero attached hydrogens (tertiary/aromatic N) is 1. The number of carboxylic acid groups (broad SMARTS) is 1. The van der Waals surface area contributed by atoms with E-state index in [9.17, 15) is 14.7 Å². The largest absolute Gasteiger partial charge is 0.495 e. The predicted octanol–water partition coefficient (Wildman–Crippen LogP) is 4.95. The van der Waals surface area contributed by atoms with E-state index in [1.165, 1.54) is 0 Å². The molecule has 7 nitrogen and oxygen atoms in total. The number of ether oxygens (including phenoxy) is 2. The van der Waals surface area contributed by atoms with Gasteiger partial charge in [-0.2, -0.15) is 0 Å². The zero-order valence-corrected chi connectivity index (χ0v) is 20.3. The maximum atomic E-state index is 13.5. The molecule has 2 N–H and O–H groups in total. The topological polar surface area (TPSA) is 89.8 Å². The lowest BCUT2D eigenvalue weighted by Gasteiger charge is -2.42. The number of methoxy groups -OCH3 is 1. The number of amides is 1. The number of nitrogens with one attached hydrogen (secondary N) is 1. The van der Waals surface area contributed by atoms with Gasteiger partial charge in [0.2, 0.25) is 0 Å². The Morgan fingerprint density at radius 3 is 2.44 bits per heavy atom. The van der Waals surface area contributed by atoms with Gasteiger partial charge in [-0.25, -0.2) is 0 Å². The van der Waals surface area contributed by atoms with E-state index in [0.29, 0.717) is 42.6 Å². The number of hydrogen-bond acceptors (Lipinski definition) is 4. The third kappa shape index (κ3) is 4.14. The van der Waals surface area contributed by atoms with Crippen LogP contribution in [0.2, 0.25) is 5.02 Å². The quantitative estimate of drug-likeness (QED) is 0.448. The van der Waals surface area contributed by atoms with Gasteiger partial charge in [0.25, 0.3) is 5.91 Å². The molecule has 0 spiro atoms. The fourth-order valence-corrected chi connectivity index (χ4v) is 4.91. The minimum absolute atomic E-state index is 0.227. The van der Waals surface area contributed by atoms with E-state index in [1.54, 1.807) is 19.2 Å². The van der Waals surface area contributed by atoms with Crippen LogP contribution in [-0.2, 0) is 21.6 Å². The number of aromatic nitrogens is 1. The molecule has 3 aromatic rings. The third-order valence-electron chi connectivity index (χ3n) is 6.54. The molecule has 1 unspecified atom stereocenters. The summed E-state index contributed by atoms with van der Waals surface area (Å²) >= 11 is 6.51. The Bertz CT molecular complexity index is 1210. The summed E-state index contributed by atoms with van der Waals surface area (Å²) < 4.78 is 12.7. The molecule has 1 amide bonds. The first-order valence-corrected chi connectivity index (χ1v) is 11.8. The van der Waals surface area contributed by atoms with E-state index in [0.717, 1.165) is 28.5 Å². The minimum atomic E-state index is -0.827. The van der Waals surface area contributed by atoms with Crippen LogP contribution in [0.5, 0.6) is 5.75 Å². The Kier molecular flexibility index (Phi) is 6.86. The van der Waals surface area contributed by atoms with Gasteiger partial charge in [0, 0.05) is 11.9 Å². The second-order valence-corrected chi connectivity index (χ2v) is 9.00. The van der Waals surface area contributed by atoms with Crippen molar-refractivity contribution in [3.63, 3.8) is 0 Å². The lowest BCUT2D eigenvalue weighted by atomic mass is 9.85. The molecule has 2 aromatic carbocycles. The summed E-state index contributed by atoms with van der Waals surface area (Å²) in [5, 5.41) is 13.9. The SMILES string of the molecule is CCCC(C(=O)O)c1ccc(C2(NC(=O)c3cc4c(Cl)c(OC)ccc4n3CC)COC2)cc1. The summed E-state index contributed by atoms with van der Waals surface area (Å²) in [4.78, 5) is 25.1. The van der Waals surface area contributed by atoms with Crippen molar-refractivity contribution >= 4 is 34.4 Å². The molecule has 1 aliphatic rings. The van der Waals surface area contributed by atoms with Gasteiger partial charge in [-0.15, -0.1) is 0 Å². The van der Waals surface area contributed by atoms with Crippen LogP contribution in [0.15, 0.2) is 42.5 Å². The normalized spacial score (nSPS) is 15.5. The maximum absolute atomic E-state index is 13.5. The summed E-state index contributed by atoms with van der Waals surface area (Å²) in [6, 6.07) is 12.9. The van der Waals surface area contributed by atoms with Crippen molar-refractivity contribution in [3.05, 3.63) is 64.3 Å². The molecule has 1 atom stereocenters. The van der Waals surface area contributed by atoms with Crippen LogP contribution >= 0.6 is 11.6 Å². The standard InChI is InChI=1S/C26H29ClN2O5/c1-4-6-18(25(31)32)16-7-9-17(10-8-16)26(14-34-15-26)28-24(30)21-13-19-20(29(21)5-2)11-12-22(33-3)23(19)27/h7-13,18H,4-6,14-15H2,1-3H3,(H,28,30)(H,31,32). The zero-order chi connectivity index (χ0) is 24.5. The smallest absolute Gasteiger partial charge is 0.310 e. The molecular weight excluding hydrogens is 456 g/mol. The minimum Gasteiger partial charge on any atom is -0.495 e. The Hall–Kier alpha value is -3.03. The summed E-state index contributed by atoms with van der Waals surface area (Å²) in [5.74, 6) is -1.03. The van der Waals surface area contributed by atoms with E-state index < -0.39 is 17.4 Å². The Morgan fingerprint density at radius 1 is 1.21 bits per heavy atom.